The number of hydrogen-bond acceptors (Lipinski definition) is 5. The summed E-state index contributed by atoms with van der Waals surface area (Å²) in [6.07, 6.45) is 5.35. The summed E-state index contributed by atoms with van der Waals surface area (Å²) in [5, 5.41) is 8.88. The van der Waals surface area contributed by atoms with E-state index in [1.807, 2.05) is 22.7 Å². The second-order valence-electron chi connectivity index (χ2n) is 5.26. The van der Waals surface area contributed by atoms with Gasteiger partial charge in [0.15, 0.2) is 5.82 Å². The Morgan fingerprint density at radius 2 is 1.68 bits per heavy atom. The average Bonchev–Trinajstić information content (AvgIpc) is 3.04. The van der Waals surface area contributed by atoms with Crippen LogP contribution in [0.15, 0.2) is 43.0 Å². The first-order chi connectivity index (χ1) is 10.8. The molecule has 2 aromatic heterocycles. The topological polar surface area (TPSA) is 49.6 Å². The Balaban J connectivity index is 1.52. The van der Waals surface area contributed by atoms with Crippen molar-refractivity contribution in [3.8, 4) is 0 Å². The fraction of sp³-hybridized carbons (Fsp3) is 0.267. The summed E-state index contributed by atoms with van der Waals surface area (Å²) in [4.78, 5) is 9.10. The minimum atomic E-state index is 0.769. The lowest BCUT2D eigenvalue weighted by atomic mass is 10.2. The molecule has 0 amide bonds. The average molecular weight is 315 g/mol. The third kappa shape index (κ3) is 2.35. The zero-order valence-electron chi connectivity index (χ0n) is 11.9. The molecule has 7 heteroatoms. The van der Waals surface area contributed by atoms with E-state index < -0.39 is 0 Å². The number of hydrogen-bond donors (Lipinski definition) is 0. The molecule has 1 saturated heterocycles. The van der Waals surface area contributed by atoms with E-state index in [4.69, 9.17) is 11.6 Å². The Morgan fingerprint density at radius 1 is 0.955 bits per heavy atom. The Hall–Kier alpha value is -2.34. The van der Waals surface area contributed by atoms with Crippen LogP contribution in [0.3, 0.4) is 0 Å². The monoisotopic (exact) mass is 314 g/mol. The molecular formula is C15H15ClN6. The number of nitrogens with zero attached hydrogens (tertiary/aromatic N) is 6. The molecule has 0 N–H and O–H groups in total. The summed E-state index contributed by atoms with van der Waals surface area (Å²) in [6, 6.07) is 7.99. The van der Waals surface area contributed by atoms with E-state index in [2.05, 4.69) is 37.1 Å². The van der Waals surface area contributed by atoms with Crippen LogP contribution in [0.5, 0.6) is 0 Å². The molecule has 6 nitrogen and oxygen atoms in total. The third-order valence-electron chi connectivity index (χ3n) is 3.97. The molecule has 1 aromatic carbocycles. The van der Waals surface area contributed by atoms with E-state index in [-0.39, 0.29) is 0 Å². The first kappa shape index (κ1) is 13.3. The van der Waals surface area contributed by atoms with Gasteiger partial charge in [-0.05, 0) is 24.3 Å². The van der Waals surface area contributed by atoms with Crippen LogP contribution in [-0.4, -0.2) is 45.8 Å². The molecule has 4 rings (SSSR count). The molecule has 0 spiro atoms. The lowest BCUT2D eigenvalue weighted by Crippen LogP contribution is -2.47. The smallest absolute Gasteiger partial charge is 0.203 e. The maximum atomic E-state index is 5.95. The van der Waals surface area contributed by atoms with Crippen molar-refractivity contribution < 1.29 is 0 Å². The normalized spacial score (nSPS) is 15.5. The summed E-state index contributed by atoms with van der Waals surface area (Å²) in [5.41, 5.74) is 2.01. The molecule has 0 aliphatic carbocycles. The minimum absolute atomic E-state index is 0.769. The largest absolute Gasteiger partial charge is 0.368 e. The van der Waals surface area contributed by atoms with Crippen molar-refractivity contribution in [2.24, 2.45) is 0 Å². The predicted octanol–water partition coefficient (Wildman–Crippen LogP) is 2.10. The molecule has 0 saturated carbocycles. The van der Waals surface area contributed by atoms with Crippen molar-refractivity contribution in [3.63, 3.8) is 0 Å². The molecule has 3 heterocycles. The fourth-order valence-electron chi connectivity index (χ4n) is 2.80. The lowest BCUT2D eigenvalue weighted by Gasteiger charge is -2.36. The second kappa shape index (κ2) is 5.46. The second-order valence-corrected chi connectivity index (χ2v) is 5.70. The van der Waals surface area contributed by atoms with E-state index in [1.165, 1.54) is 5.69 Å². The van der Waals surface area contributed by atoms with Crippen molar-refractivity contribution in [1.82, 2.24) is 19.6 Å². The van der Waals surface area contributed by atoms with Gasteiger partial charge in [0, 0.05) is 49.3 Å². The summed E-state index contributed by atoms with van der Waals surface area (Å²) < 4.78 is 1.90. The van der Waals surface area contributed by atoms with Crippen LogP contribution in [0.1, 0.15) is 0 Å². The van der Waals surface area contributed by atoms with E-state index in [9.17, 15) is 0 Å². The zero-order chi connectivity index (χ0) is 14.9. The highest BCUT2D eigenvalue weighted by Crippen LogP contribution is 2.22. The van der Waals surface area contributed by atoms with Crippen LogP contribution in [0.2, 0.25) is 5.02 Å². The van der Waals surface area contributed by atoms with Crippen molar-refractivity contribution >= 4 is 28.8 Å². The van der Waals surface area contributed by atoms with Gasteiger partial charge in [0.25, 0.3) is 0 Å². The van der Waals surface area contributed by atoms with Crippen molar-refractivity contribution in [2.75, 3.05) is 36.0 Å². The van der Waals surface area contributed by atoms with Crippen LogP contribution < -0.4 is 9.80 Å². The Labute approximate surface area is 133 Å². The van der Waals surface area contributed by atoms with Crippen LogP contribution in [0, 0.1) is 0 Å². The molecule has 0 bridgehead atoms. The van der Waals surface area contributed by atoms with Gasteiger partial charge >= 0.3 is 0 Å². The number of anilines is 2. The number of halogens is 1. The Kier molecular flexibility index (Phi) is 3.31. The van der Waals surface area contributed by atoms with Crippen LogP contribution in [-0.2, 0) is 0 Å². The van der Waals surface area contributed by atoms with E-state index in [0.29, 0.717) is 0 Å². The standard InChI is InChI=1S/C15H15ClN6/c16-12-1-3-13(4-2-12)20-7-9-21(10-8-20)14-15-19-18-11-22(15)6-5-17-14/h1-6,11H,7-10H2. The van der Waals surface area contributed by atoms with Crippen LogP contribution >= 0.6 is 11.6 Å². The Bertz CT molecular complexity index is 776. The summed E-state index contributed by atoms with van der Waals surface area (Å²) in [7, 11) is 0. The molecule has 22 heavy (non-hydrogen) atoms. The maximum Gasteiger partial charge on any atom is 0.203 e. The lowest BCUT2D eigenvalue weighted by molar-refractivity contribution is 0.647. The van der Waals surface area contributed by atoms with Gasteiger partial charge < -0.3 is 9.80 Å². The maximum absolute atomic E-state index is 5.95. The number of rotatable bonds is 2. The summed E-state index contributed by atoms with van der Waals surface area (Å²) in [5.74, 6) is 0.899. The minimum Gasteiger partial charge on any atom is -0.368 e. The third-order valence-corrected chi connectivity index (χ3v) is 4.22. The van der Waals surface area contributed by atoms with E-state index in [0.717, 1.165) is 42.7 Å². The van der Waals surface area contributed by atoms with Gasteiger partial charge in [-0.1, -0.05) is 11.6 Å². The number of piperazine rings is 1. The Morgan fingerprint density at radius 3 is 2.45 bits per heavy atom. The first-order valence-corrected chi connectivity index (χ1v) is 7.59. The van der Waals surface area contributed by atoms with Gasteiger partial charge in [0.1, 0.15) is 6.33 Å². The highest BCUT2D eigenvalue weighted by atomic mass is 35.5. The molecule has 112 valence electrons. The predicted molar refractivity (Wildman–Crippen MR) is 86.7 cm³/mol. The highest BCUT2D eigenvalue weighted by molar-refractivity contribution is 6.30. The molecule has 1 aliphatic rings. The summed E-state index contributed by atoms with van der Waals surface area (Å²) in [6.45, 7) is 3.70. The van der Waals surface area contributed by atoms with Gasteiger partial charge in [0.05, 0.1) is 0 Å². The van der Waals surface area contributed by atoms with E-state index >= 15 is 0 Å². The highest BCUT2D eigenvalue weighted by Gasteiger charge is 2.20. The molecule has 3 aromatic rings. The van der Waals surface area contributed by atoms with Crippen LogP contribution in [0.25, 0.3) is 5.65 Å². The zero-order valence-corrected chi connectivity index (χ0v) is 12.7. The quantitative estimate of drug-likeness (QED) is 0.725. The fourth-order valence-corrected chi connectivity index (χ4v) is 2.92. The van der Waals surface area contributed by atoms with Crippen LogP contribution in [0.4, 0.5) is 11.5 Å². The van der Waals surface area contributed by atoms with Gasteiger partial charge in [-0.25, -0.2) is 4.98 Å². The van der Waals surface area contributed by atoms with Gasteiger partial charge in [-0.2, -0.15) is 0 Å². The van der Waals surface area contributed by atoms with Gasteiger partial charge in [0.2, 0.25) is 5.65 Å². The number of fused-ring (bicyclic) bond motifs is 1. The SMILES string of the molecule is Clc1ccc(N2CCN(c3nccn4cnnc34)CC2)cc1. The summed E-state index contributed by atoms with van der Waals surface area (Å²) >= 11 is 5.95. The molecular weight excluding hydrogens is 300 g/mol. The number of benzene rings is 1. The molecule has 0 atom stereocenters. The molecule has 1 fully saturated rings. The van der Waals surface area contributed by atoms with Crippen molar-refractivity contribution in [1.29, 1.82) is 0 Å². The molecule has 1 aliphatic heterocycles. The van der Waals surface area contributed by atoms with Gasteiger partial charge in [-0.15, -0.1) is 10.2 Å². The molecule has 0 unspecified atom stereocenters. The van der Waals surface area contributed by atoms with Crippen molar-refractivity contribution in [3.05, 3.63) is 48.0 Å². The van der Waals surface area contributed by atoms with Gasteiger partial charge in [-0.3, -0.25) is 4.40 Å². The number of aromatic nitrogens is 4. The molecule has 0 radical (unpaired) electrons. The van der Waals surface area contributed by atoms with Crippen molar-refractivity contribution in [2.45, 2.75) is 0 Å². The van der Waals surface area contributed by atoms with E-state index in [1.54, 1.807) is 12.5 Å². The first-order valence-electron chi connectivity index (χ1n) is 7.21.